The largest absolute Gasteiger partial charge is 0.355 e. The van der Waals surface area contributed by atoms with Crippen LogP contribution in [0, 0.1) is 0 Å². The topological polar surface area (TPSA) is 41.1 Å². The molecule has 0 aliphatic heterocycles. The summed E-state index contributed by atoms with van der Waals surface area (Å²) in [5.74, 6) is 1.43. The Morgan fingerprint density at radius 3 is 2.55 bits per heavy atom. The second-order valence-electron chi connectivity index (χ2n) is 5.20. The summed E-state index contributed by atoms with van der Waals surface area (Å²) in [5, 5.41) is 7.00. The average Bonchev–Trinajstić information content (AvgIpc) is 2.42. The molecular formula is C14H29IN2OS2. The zero-order chi connectivity index (χ0) is 15.2. The van der Waals surface area contributed by atoms with E-state index in [-0.39, 0.29) is 5.91 Å². The highest BCUT2D eigenvalue weighted by Crippen LogP contribution is 2.27. The van der Waals surface area contributed by atoms with Gasteiger partial charge in [0.05, 0.1) is 0 Å². The normalized spacial score (nSPS) is 12.7. The third-order valence-corrected chi connectivity index (χ3v) is 6.47. The van der Waals surface area contributed by atoms with Crippen molar-refractivity contribution in [2.24, 2.45) is 0 Å². The molecule has 0 radical (unpaired) electrons. The summed E-state index contributed by atoms with van der Waals surface area (Å²) in [7, 11) is 1.94. The maximum atomic E-state index is 11.6. The minimum Gasteiger partial charge on any atom is -0.355 e. The first-order valence-electron chi connectivity index (χ1n) is 7.36. The van der Waals surface area contributed by atoms with Crippen LogP contribution in [0.4, 0.5) is 0 Å². The summed E-state index contributed by atoms with van der Waals surface area (Å²) in [4.78, 5) is 11.6. The van der Waals surface area contributed by atoms with E-state index < -0.39 is 0 Å². The van der Waals surface area contributed by atoms with Gasteiger partial charge in [0.1, 0.15) is 0 Å². The first-order valence-corrected chi connectivity index (χ1v) is 12.2. The van der Waals surface area contributed by atoms with E-state index in [1.807, 2.05) is 20.7 Å². The number of nitrogens with one attached hydrogen (secondary N) is 2. The molecule has 1 unspecified atom stereocenters. The predicted molar refractivity (Wildman–Crippen MR) is 103 cm³/mol. The molecule has 0 saturated carbocycles. The molecule has 0 aromatic rings. The fraction of sp³-hybridized carbons (Fsp3) is 0.929. The van der Waals surface area contributed by atoms with E-state index >= 15 is 0 Å². The van der Waals surface area contributed by atoms with Gasteiger partial charge in [0, 0.05) is 30.8 Å². The quantitative estimate of drug-likeness (QED) is 0.343. The molecule has 0 spiro atoms. The summed E-state index contributed by atoms with van der Waals surface area (Å²) >= 11 is 4.32. The van der Waals surface area contributed by atoms with Crippen molar-refractivity contribution in [1.29, 1.82) is 0 Å². The Labute approximate surface area is 145 Å². The molecule has 0 aromatic heterocycles. The lowest BCUT2D eigenvalue weighted by Crippen LogP contribution is -2.34. The lowest BCUT2D eigenvalue weighted by atomic mass is 10.1. The number of amides is 1. The molecule has 0 fully saturated rings. The molecule has 0 heterocycles. The molecular weight excluding hydrogens is 403 g/mol. The molecule has 0 aliphatic carbocycles. The third-order valence-electron chi connectivity index (χ3n) is 2.95. The van der Waals surface area contributed by atoms with Crippen molar-refractivity contribution in [3.8, 4) is 0 Å². The Morgan fingerprint density at radius 1 is 1.20 bits per heavy atom. The van der Waals surface area contributed by atoms with E-state index in [4.69, 9.17) is 0 Å². The highest BCUT2D eigenvalue weighted by atomic mass is 127. The van der Waals surface area contributed by atoms with Crippen molar-refractivity contribution in [2.75, 3.05) is 25.1 Å². The molecule has 6 heteroatoms. The maximum absolute atomic E-state index is 11.6. The molecule has 1 atom stereocenters. The van der Waals surface area contributed by atoms with E-state index in [0.717, 1.165) is 31.2 Å². The van der Waals surface area contributed by atoms with Crippen LogP contribution in [-0.4, -0.2) is 42.3 Å². The zero-order valence-electron chi connectivity index (χ0n) is 12.9. The first-order chi connectivity index (χ1) is 9.60. The molecule has 0 rings (SSSR count). The van der Waals surface area contributed by atoms with E-state index in [1.165, 1.54) is 18.6 Å². The third kappa shape index (κ3) is 13.8. The van der Waals surface area contributed by atoms with E-state index in [9.17, 15) is 4.79 Å². The van der Waals surface area contributed by atoms with E-state index in [2.05, 4.69) is 51.9 Å². The van der Waals surface area contributed by atoms with Crippen molar-refractivity contribution in [3.05, 3.63) is 0 Å². The fourth-order valence-electron chi connectivity index (χ4n) is 1.79. The fourth-order valence-corrected chi connectivity index (χ4v) is 4.45. The van der Waals surface area contributed by atoms with Crippen LogP contribution in [0.25, 0.3) is 0 Å². The standard InChI is InChI=1S/C14H29IN2OS2/c1-12(2)16-9-10-17-14(18)7-5-4-6-13(20-15)8-11-19-3/h12-13,16H,4-11H2,1-3H3,(H,17,18). The van der Waals surface area contributed by atoms with Crippen LogP contribution >= 0.6 is 41.9 Å². The Bertz CT molecular complexity index is 243. The molecule has 0 aromatic carbocycles. The van der Waals surface area contributed by atoms with Gasteiger partial charge in [0.2, 0.25) is 5.91 Å². The van der Waals surface area contributed by atoms with Crippen LogP contribution in [0.2, 0.25) is 0 Å². The van der Waals surface area contributed by atoms with Gasteiger partial charge in [0.25, 0.3) is 0 Å². The number of rotatable bonds is 13. The van der Waals surface area contributed by atoms with Crippen LogP contribution < -0.4 is 10.6 Å². The molecule has 3 nitrogen and oxygen atoms in total. The van der Waals surface area contributed by atoms with Gasteiger partial charge in [0.15, 0.2) is 0 Å². The van der Waals surface area contributed by atoms with E-state index in [0.29, 0.717) is 12.5 Å². The maximum Gasteiger partial charge on any atom is 0.220 e. The van der Waals surface area contributed by atoms with Gasteiger partial charge in [-0.1, -0.05) is 29.2 Å². The van der Waals surface area contributed by atoms with Crippen LogP contribution in [0.5, 0.6) is 0 Å². The molecule has 120 valence electrons. The van der Waals surface area contributed by atoms with Gasteiger partial charge in [-0.05, 0) is 52.5 Å². The van der Waals surface area contributed by atoms with Crippen LogP contribution in [-0.2, 0) is 4.79 Å². The lowest BCUT2D eigenvalue weighted by molar-refractivity contribution is -0.121. The van der Waals surface area contributed by atoms with Gasteiger partial charge in [-0.15, -0.1) is 0 Å². The second kappa shape index (κ2) is 14.8. The van der Waals surface area contributed by atoms with Gasteiger partial charge >= 0.3 is 0 Å². The Balaban J connectivity index is 3.46. The highest BCUT2D eigenvalue weighted by Gasteiger charge is 2.08. The minimum absolute atomic E-state index is 0.193. The summed E-state index contributed by atoms with van der Waals surface area (Å²) in [6, 6.07) is 0.482. The zero-order valence-corrected chi connectivity index (χ0v) is 16.7. The first kappa shape index (κ1) is 20.9. The molecule has 2 N–H and O–H groups in total. The molecule has 20 heavy (non-hydrogen) atoms. The van der Waals surface area contributed by atoms with Crippen molar-refractivity contribution < 1.29 is 4.79 Å². The molecule has 0 bridgehead atoms. The number of hydrogen-bond acceptors (Lipinski definition) is 4. The number of carbonyl (C=O) groups excluding carboxylic acids is 1. The SMILES string of the molecule is CSCCC(CCCCC(=O)NCCNC(C)C)SI. The summed E-state index contributed by atoms with van der Waals surface area (Å²) in [6.07, 6.45) is 7.51. The van der Waals surface area contributed by atoms with Crippen LogP contribution in [0.1, 0.15) is 46.0 Å². The number of carbonyl (C=O) groups is 1. The summed E-state index contributed by atoms with van der Waals surface area (Å²) in [5.41, 5.74) is 0. The highest BCUT2D eigenvalue weighted by molar-refractivity contribution is 14.2. The summed E-state index contributed by atoms with van der Waals surface area (Å²) < 4.78 is 0. The van der Waals surface area contributed by atoms with Crippen molar-refractivity contribution in [3.63, 3.8) is 0 Å². The van der Waals surface area contributed by atoms with Crippen molar-refractivity contribution in [1.82, 2.24) is 10.6 Å². The number of unbranched alkanes of at least 4 members (excludes halogenated alkanes) is 1. The Morgan fingerprint density at radius 2 is 1.95 bits per heavy atom. The Kier molecular flexibility index (Phi) is 15.4. The van der Waals surface area contributed by atoms with Gasteiger partial charge in [-0.25, -0.2) is 0 Å². The number of hydrogen-bond donors (Lipinski definition) is 2. The van der Waals surface area contributed by atoms with Crippen LogP contribution in [0.15, 0.2) is 0 Å². The molecule has 1 amide bonds. The average molecular weight is 432 g/mol. The van der Waals surface area contributed by atoms with Gasteiger partial charge in [-0.2, -0.15) is 11.8 Å². The van der Waals surface area contributed by atoms with E-state index in [1.54, 1.807) is 0 Å². The second-order valence-corrected chi connectivity index (χ2v) is 8.55. The Hall–Kier alpha value is 0.860. The van der Waals surface area contributed by atoms with Crippen molar-refractivity contribution >= 4 is 47.8 Å². The van der Waals surface area contributed by atoms with Crippen molar-refractivity contribution in [2.45, 2.75) is 57.2 Å². The minimum atomic E-state index is 0.193. The predicted octanol–water partition coefficient (Wildman–Crippen LogP) is 3.87. The molecule has 0 aliphatic rings. The van der Waals surface area contributed by atoms with Gasteiger partial charge < -0.3 is 10.6 Å². The number of thioether (sulfide) groups is 1. The number of halogens is 1. The monoisotopic (exact) mass is 432 g/mol. The van der Waals surface area contributed by atoms with Crippen LogP contribution in [0.3, 0.4) is 0 Å². The lowest BCUT2D eigenvalue weighted by Gasteiger charge is -2.12. The molecule has 0 saturated heterocycles. The smallest absolute Gasteiger partial charge is 0.220 e. The van der Waals surface area contributed by atoms with Gasteiger partial charge in [-0.3, -0.25) is 4.79 Å². The summed E-state index contributed by atoms with van der Waals surface area (Å²) in [6.45, 7) is 5.81.